The zero-order chi connectivity index (χ0) is 28.8. The second kappa shape index (κ2) is 8.69. The first kappa shape index (κ1) is 23.9. The van der Waals surface area contributed by atoms with Gasteiger partial charge in [-0.1, -0.05) is 140 Å². The van der Waals surface area contributed by atoms with E-state index in [2.05, 4.69) is 158 Å². The van der Waals surface area contributed by atoms with Crippen LogP contribution in [-0.4, -0.2) is 0 Å². The number of rotatable bonds is 1. The average molecular weight is 559 g/mol. The third kappa shape index (κ3) is 2.98. The van der Waals surface area contributed by atoms with Crippen molar-refractivity contribution in [1.29, 1.82) is 0 Å². The molecule has 10 rings (SSSR count). The van der Waals surface area contributed by atoms with Crippen molar-refractivity contribution in [2.75, 3.05) is 0 Å². The maximum Gasteiger partial charge on any atom is 0.132 e. The van der Waals surface area contributed by atoms with Gasteiger partial charge in [0.05, 0.1) is 5.41 Å². The van der Waals surface area contributed by atoms with E-state index in [0.29, 0.717) is 0 Å². The molecule has 1 aliphatic heterocycles. The molecule has 0 saturated heterocycles. The van der Waals surface area contributed by atoms with E-state index in [4.69, 9.17) is 4.74 Å². The fourth-order valence-electron chi connectivity index (χ4n) is 8.12. The minimum absolute atomic E-state index is 0.538. The molecule has 0 N–H and O–H groups in total. The summed E-state index contributed by atoms with van der Waals surface area (Å²) in [4.78, 5) is 0. The molecule has 1 heterocycles. The molecule has 8 aromatic rings. The van der Waals surface area contributed by atoms with Crippen LogP contribution >= 0.6 is 0 Å². The lowest BCUT2D eigenvalue weighted by molar-refractivity contribution is 0.436. The molecule has 0 amide bonds. The van der Waals surface area contributed by atoms with Crippen molar-refractivity contribution in [3.63, 3.8) is 0 Å². The maximum absolute atomic E-state index is 6.75. The lowest BCUT2D eigenvalue weighted by atomic mass is 9.65. The zero-order valence-electron chi connectivity index (χ0n) is 23.9. The summed E-state index contributed by atoms with van der Waals surface area (Å²) in [5.41, 5.74) is 9.55. The van der Waals surface area contributed by atoms with Gasteiger partial charge in [0.1, 0.15) is 11.5 Å². The molecule has 1 aliphatic carbocycles. The molecule has 0 saturated carbocycles. The van der Waals surface area contributed by atoms with Crippen LogP contribution in [0, 0.1) is 0 Å². The fraction of sp³-hybridized carbons (Fsp3) is 0.0233. The largest absolute Gasteiger partial charge is 0.457 e. The number of para-hydroxylation sites is 1. The van der Waals surface area contributed by atoms with Crippen LogP contribution < -0.4 is 4.74 Å². The van der Waals surface area contributed by atoms with E-state index in [0.717, 1.165) is 11.5 Å². The number of fused-ring (bicyclic) bond motifs is 14. The molecule has 0 fully saturated rings. The number of ether oxygens (including phenoxy) is 1. The van der Waals surface area contributed by atoms with E-state index in [-0.39, 0.29) is 0 Å². The highest BCUT2D eigenvalue weighted by molar-refractivity contribution is 6.12. The summed E-state index contributed by atoms with van der Waals surface area (Å²) < 4.78 is 6.75. The van der Waals surface area contributed by atoms with Crippen molar-refractivity contribution in [1.82, 2.24) is 0 Å². The predicted molar refractivity (Wildman–Crippen MR) is 182 cm³/mol. The van der Waals surface area contributed by atoms with Crippen LogP contribution in [0.15, 0.2) is 158 Å². The van der Waals surface area contributed by atoms with Gasteiger partial charge in [0.15, 0.2) is 0 Å². The van der Waals surface area contributed by atoms with Gasteiger partial charge in [-0.2, -0.15) is 0 Å². The Bertz CT molecular complexity index is 2390. The quantitative estimate of drug-likeness (QED) is 0.195. The summed E-state index contributed by atoms with van der Waals surface area (Å²) in [7, 11) is 0. The topological polar surface area (TPSA) is 9.23 Å². The molecular formula is C43H26O. The summed E-state index contributed by atoms with van der Waals surface area (Å²) in [6.07, 6.45) is 0. The molecule has 1 nitrogen and oxygen atoms in total. The Balaban J connectivity index is 1.39. The van der Waals surface area contributed by atoms with Gasteiger partial charge in [0.2, 0.25) is 0 Å². The molecule has 204 valence electrons. The van der Waals surface area contributed by atoms with E-state index < -0.39 is 5.41 Å². The van der Waals surface area contributed by atoms with Crippen LogP contribution in [0.5, 0.6) is 11.5 Å². The van der Waals surface area contributed by atoms with Gasteiger partial charge in [-0.25, -0.2) is 0 Å². The Kier molecular flexibility index (Phi) is 4.71. The highest BCUT2D eigenvalue weighted by Gasteiger charge is 2.52. The van der Waals surface area contributed by atoms with Crippen LogP contribution in [0.3, 0.4) is 0 Å². The lowest BCUT2D eigenvalue weighted by Crippen LogP contribution is -2.32. The van der Waals surface area contributed by atoms with Crippen LogP contribution in [0.4, 0.5) is 0 Å². The Morgan fingerprint density at radius 1 is 0.364 bits per heavy atom. The normalized spacial score (nSPS) is 13.8. The molecule has 1 spiro atoms. The molecule has 0 unspecified atom stereocenters. The highest BCUT2D eigenvalue weighted by Crippen LogP contribution is 2.64. The third-order valence-electron chi connectivity index (χ3n) is 9.91. The van der Waals surface area contributed by atoms with Crippen LogP contribution in [0.2, 0.25) is 0 Å². The number of benzene rings is 8. The smallest absolute Gasteiger partial charge is 0.132 e. The molecule has 2 aliphatic rings. The monoisotopic (exact) mass is 558 g/mol. The van der Waals surface area contributed by atoms with Crippen molar-refractivity contribution < 1.29 is 4.74 Å². The third-order valence-corrected chi connectivity index (χ3v) is 9.91. The minimum atomic E-state index is -0.538. The first-order valence-corrected chi connectivity index (χ1v) is 15.3. The first-order valence-electron chi connectivity index (χ1n) is 15.3. The van der Waals surface area contributed by atoms with Crippen molar-refractivity contribution in [3.8, 4) is 33.8 Å². The Morgan fingerprint density at radius 2 is 0.909 bits per heavy atom. The summed E-state index contributed by atoms with van der Waals surface area (Å²) in [5, 5.41) is 7.59. The van der Waals surface area contributed by atoms with Crippen molar-refractivity contribution >= 4 is 32.3 Å². The standard InChI is InChI=1S/C43H26O/c1-4-14-31-27(10-1)13-9-17-32(31)30-22-25-40-38(26-30)43(35-18-7-8-19-39(35)44-40)36-23-20-28-11-2-5-15-33(28)41(36)42-34-16-6-3-12-29(34)21-24-37(42)43/h1-26H. The SMILES string of the molecule is c1ccc2c(c1)Oc1ccc(-c3cccc4ccccc34)cc1C21c2ccc3ccccc3c2-c2c1ccc1ccccc21. The van der Waals surface area contributed by atoms with Crippen LogP contribution in [-0.2, 0) is 5.41 Å². The second-order valence-corrected chi connectivity index (χ2v) is 12.0. The van der Waals surface area contributed by atoms with Gasteiger partial charge in [-0.15, -0.1) is 0 Å². The minimum Gasteiger partial charge on any atom is -0.457 e. The van der Waals surface area contributed by atoms with Crippen molar-refractivity contribution in [2.24, 2.45) is 0 Å². The summed E-state index contributed by atoms with van der Waals surface area (Å²) in [5.74, 6) is 1.82. The molecule has 0 radical (unpaired) electrons. The van der Waals surface area contributed by atoms with E-state index in [1.807, 2.05) is 0 Å². The number of hydrogen-bond donors (Lipinski definition) is 0. The summed E-state index contributed by atoms with van der Waals surface area (Å²) in [6, 6.07) is 57.7. The fourth-order valence-corrected chi connectivity index (χ4v) is 8.12. The molecule has 0 aromatic heterocycles. The number of hydrogen-bond acceptors (Lipinski definition) is 1. The highest BCUT2D eigenvalue weighted by atomic mass is 16.5. The Labute approximate surface area is 255 Å². The van der Waals surface area contributed by atoms with Crippen LogP contribution in [0.25, 0.3) is 54.6 Å². The van der Waals surface area contributed by atoms with Gasteiger partial charge in [0.25, 0.3) is 0 Å². The molecule has 44 heavy (non-hydrogen) atoms. The molecule has 8 aromatic carbocycles. The average Bonchev–Trinajstić information content (AvgIpc) is 3.39. The lowest BCUT2D eigenvalue weighted by Gasteiger charge is -2.39. The Hall–Kier alpha value is -5.66. The van der Waals surface area contributed by atoms with Crippen molar-refractivity contribution in [3.05, 3.63) is 180 Å². The summed E-state index contributed by atoms with van der Waals surface area (Å²) in [6.45, 7) is 0. The van der Waals surface area contributed by atoms with E-state index in [1.54, 1.807) is 0 Å². The molecule has 0 bridgehead atoms. The molecule has 1 heteroatoms. The predicted octanol–water partition coefficient (Wildman–Crippen LogP) is 11.3. The van der Waals surface area contributed by atoms with Crippen molar-refractivity contribution in [2.45, 2.75) is 5.41 Å². The summed E-state index contributed by atoms with van der Waals surface area (Å²) >= 11 is 0. The van der Waals surface area contributed by atoms with Gasteiger partial charge in [-0.3, -0.25) is 0 Å². The second-order valence-electron chi connectivity index (χ2n) is 12.0. The zero-order valence-corrected chi connectivity index (χ0v) is 23.9. The van der Waals surface area contributed by atoms with Gasteiger partial charge in [-0.05, 0) is 83.9 Å². The van der Waals surface area contributed by atoms with E-state index >= 15 is 0 Å². The van der Waals surface area contributed by atoms with Crippen LogP contribution in [0.1, 0.15) is 22.3 Å². The van der Waals surface area contributed by atoms with Gasteiger partial charge < -0.3 is 4.74 Å². The Morgan fingerprint density at radius 3 is 1.61 bits per heavy atom. The van der Waals surface area contributed by atoms with E-state index in [9.17, 15) is 0 Å². The molecular weight excluding hydrogens is 532 g/mol. The maximum atomic E-state index is 6.75. The van der Waals surface area contributed by atoms with Gasteiger partial charge in [0, 0.05) is 11.1 Å². The molecule has 0 atom stereocenters. The van der Waals surface area contributed by atoms with E-state index in [1.165, 1.54) is 76.8 Å². The first-order chi connectivity index (χ1) is 21.8. The van der Waals surface area contributed by atoms with Gasteiger partial charge >= 0.3 is 0 Å².